The van der Waals surface area contributed by atoms with Gasteiger partial charge in [-0.3, -0.25) is 0 Å². The molecule has 4 rings (SSSR count). The number of carbonyl (C=O) groups excluding carboxylic acids is 2. The molecule has 0 spiro atoms. The Labute approximate surface area is 181 Å². The van der Waals surface area contributed by atoms with Gasteiger partial charge in [0.15, 0.2) is 11.7 Å². The minimum atomic E-state index is -2.10. The topological polar surface area (TPSA) is 120 Å². The van der Waals surface area contributed by atoms with Crippen LogP contribution in [0.4, 0.5) is 0 Å². The van der Waals surface area contributed by atoms with Gasteiger partial charge in [0.05, 0.1) is 0 Å². The lowest BCUT2D eigenvalue weighted by Crippen LogP contribution is -2.63. The summed E-state index contributed by atoms with van der Waals surface area (Å²) in [5.41, 5.74) is 1.94. The Morgan fingerprint density at radius 1 is 1.16 bits per heavy atom. The van der Waals surface area contributed by atoms with Crippen LogP contribution in [0.2, 0.25) is 0 Å². The molecular weight excluding hydrogens is 424 g/mol. The maximum Gasteiger partial charge on any atom is 0.349 e. The van der Waals surface area contributed by atoms with Crippen LogP contribution in [0.15, 0.2) is 52.4 Å². The minimum absolute atomic E-state index is 0.289. The molecule has 0 radical (unpaired) electrons. The molecular formula is C21H20N2O7S. The van der Waals surface area contributed by atoms with E-state index in [1.54, 1.807) is 26.0 Å². The molecule has 162 valence electrons. The lowest BCUT2D eigenvalue weighted by Gasteiger charge is -2.36. The molecule has 0 aliphatic carbocycles. The Hall–Kier alpha value is -3.21. The first-order valence-corrected chi connectivity index (χ1v) is 10.4. The predicted molar refractivity (Wildman–Crippen MR) is 111 cm³/mol. The second-order valence-electron chi connectivity index (χ2n) is 7.11. The van der Waals surface area contributed by atoms with Gasteiger partial charge in [0.2, 0.25) is 0 Å². The molecule has 0 fully saturated rings. The van der Waals surface area contributed by atoms with Crippen LogP contribution in [-0.2, 0) is 19.1 Å². The van der Waals surface area contributed by atoms with Crippen LogP contribution in [0.5, 0.6) is 5.75 Å². The third-order valence-corrected chi connectivity index (χ3v) is 5.31. The monoisotopic (exact) mass is 444 g/mol. The van der Waals surface area contributed by atoms with Gasteiger partial charge in [-0.15, -0.1) is 11.3 Å². The SMILES string of the molecule is CC(C)NC1(C(O)COc2ccccc2-c2noc3ccsc23)OC(=O)C=CC(=O)O1. The normalized spacial score (nSPS) is 16.8. The van der Waals surface area contributed by atoms with Crippen LogP contribution in [-0.4, -0.2) is 46.9 Å². The molecule has 31 heavy (non-hydrogen) atoms. The first-order chi connectivity index (χ1) is 14.9. The van der Waals surface area contributed by atoms with Crippen molar-refractivity contribution in [3.63, 3.8) is 0 Å². The zero-order chi connectivity index (χ0) is 22.0. The Balaban J connectivity index is 1.59. The molecule has 1 atom stereocenters. The number of aliphatic hydroxyl groups is 1. The average molecular weight is 444 g/mol. The molecule has 9 nitrogen and oxygen atoms in total. The number of esters is 2. The molecule has 0 saturated carbocycles. The first-order valence-electron chi connectivity index (χ1n) is 9.53. The van der Waals surface area contributed by atoms with Crippen molar-refractivity contribution < 1.29 is 33.4 Å². The third kappa shape index (κ3) is 4.31. The summed E-state index contributed by atoms with van der Waals surface area (Å²) in [5, 5.41) is 19.7. The number of ether oxygens (including phenoxy) is 3. The lowest BCUT2D eigenvalue weighted by atomic mass is 10.1. The number of benzene rings is 1. The molecule has 0 bridgehead atoms. The van der Waals surface area contributed by atoms with E-state index in [9.17, 15) is 14.7 Å². The molecule has 0 amide bonds. The Morgan fingerprint density at radius 3 is 2.58 bits per heavy atom. The summed E-state index contributed by atoms with van der Waals surface area (Å²) >= 11 is 1.49. The van der Waals surface area contributed by atoms with Crippen LogP contribution in [0, 0.1) is 0 Å². The van der Waals surface area contributed by atoms with Gasteiger partial charge in [-0.2, -0.15) is 0 Å². The standard InChI is InChI=1S/C21H20N2O7S/c1-12(2)22-21(28-17(25)7-8-18(26)29-21)16(24)11-27-14-6-4-3-5-13(14)19-20-15(30-23-19)9-10-31-20/h3-10,12,16,22,24H,11H2,1-2H3. The van der Waals surface area contributed by atoms with Crippen LogP contribution < -0.4 is 10.1 Å². The lowest BCUT2D eigenvalue weighted by molar-refractivity contribution is -0.274. The second-order valence-corrected chi connectivity index (χ2v) is 8.03. The number of para-hydroxylation sites is 1. The highest BCUT2D eigenvalue weighted by Crippen LogP contribution is 2.37. The highest BCUT2D eigenvalue weighted by molar-refractivity contribution is 7.17. The molecule has 3 aromatic rings. The number of cyclic esters (lactones) is 2. The van der Waals surface area contributed by atoms with Gasteiger partial charge < -0.3 is 23.8 Å². The van der Waals surface area contributed by atoms with Crippen molar-refractivity contribution in [1.29, 1.82) is 0 Å². The first kappa shape index (κ1) is 21.0. The number of carbonyl (C=O) groups is 2. The van der Waals surface area contributed by atoms with Crippen molar-refractivity contribution in [2.75, 3.05) is 6.61 Å². The number of nitrogens with one attached hydrogen (secondary N) is 1. The number of fused-ring (bicyclic) bond motifs is 1. The van der Waals surface area contributed by atoms with E-state index in [-0.39, 0.29) is 12.6 Å². The predicted octanol–water partition coefficient (Wildman–Crippen LogP) is 2.60. The average Bonchev–Trinajstić information content (AvgIpc) is 3.30. The van der Waals surface area contributed by atoms with E-state index < -0.39 is 24.0 Å². The van der Waals surface area contributed by atoms with E-state index >= 15 is 0 Å². The van der Waals surface area contributed by atoms with Gasteiger partial charge in [0, 0.05) is 23.8 Å². The van der Waals surface area contributed by atoms with Gasteiger partial charge in [0.1, 0.15) is 22.8 Å². The smallest absolute Gasteiger partial charge is 0.349 e. The van der Waals surface area contributed by atoms with Gasteiger partial charge in [-0.05, 0) is 37.4 Å². The number of nitrogens with zero attached hydrogens (tertiary/aromatic N) is 1. The summed E-state index contributed by atoms with van der Waals surface area (Å²) in [4.78, 5) is 23.9. The zero-order valence-corrected chi connectivity index (χ0v) is 17.5. The molecule has 2 aromatic heterocycles. The maximum atomic E-state index is 12.0. The molecule has 1 unspecified atom stereocenters. The highest BCUT2D eigenvalue weighted by Gasteiger charge is 2.48. The fourth-order valence-electron chi connectivity index (χ4n) is 3.13. The van der Waals surface area contributed by atoms with Crippen LogP contribution in [0.25, 0.3) is 21.5 Å². The maximum absolute atomic E-state index is 12.0. The van der Waals surface area contributed by atoms with Crippen LogP contribution >= 0.6 is 11.3 Å². The highest BCUT2D eigenvalue weighted by atomic mass is 32.1. The second kappa shape index (κ2) is 8.50. The van der Waals surface area contributed by atoms with Crippen molar-refractivity contribution in [2.24, 2.45) is 0 Å². The summed E-state index contributed by atoms with van der Waals surface area (Å²) < 4.78 is 22.5. The van der Waals surface area contributed by atoms with Crippen molar-refractivity contribution >= 4 is 33.6 Å². The van der Waals surface area contributed by atoms with E-state index in [4.69, 9.17) is 18.7 Å². The fourth-order valence-corrected chi connectivity index (χ4v) is 3.94. The van der Waals surface area contributed by atoms with E-state index in [1.807, 2.05) is 23.6 Å². The Kier molecular flexibility index (Phi) is 5.77. The van der Waals surface area contributed by atoms with Gasteiger partial charge in [-0.25, -0.2) is 14.9 Å². The molecule has 10 heteroatoms. The fraction of sp³-hybridized carbons (Fsp3) is 0.286. The zero-order valence-electron chi connectivity index (χ0n) is 16.7. The van der Waals surface area contributed by atoms with Crippen LogP contribution in [0.3, 0.4) is 0 Å². The summed E-state index contributed by atoms with van der Waals surface area (Å²) in [5.74, 6) is -3.34. The van der Waals surface area contributed by atoms with Crippen molar-refractivity contribution in [2.45, 2.75) is 31.9 Å². The van der Waals surface area contributed by atoms with Crippen molar-refractivity contribution in [1.82, 2.24) is 10.5 Å². The van der Waals surface area contributed by atoms with E-state index in [0.717, 1.165) is 16.9 Å². The number of aliphatic hydroxyl groups excluding tert-OH is 1. The number of aromatic nitrogens is 1. The Bertz CT molecular complexity index is 1110. The molecule has 3 heterocycles. The third-order valence-electron chi connectivity index (χ3n) is 4.41. The molecule has 2 N–H and O–H groups in total. The number of thiophene rings is 1. The number of hydrogen-bond donors (Lipinski definition) is 2. The summed E-state index contributed by atoms with van der Waals surface area (Å²) in [6.45, 7) is 3.16. The molecule has 0 saturated heterocycles. The quantitative estimate of drug-likeness (QED) is 0.530. The molecule has 1 aliphatic heterocycles. The van der Waals surface area contributed by atoms with Crippen molar-refractivity contribution in [3.05, 3.63) is 47.9 Å². The van der Waals surface area contributed by atoms with Crippen molar-refractivity contribution in [3.8, 4) is 17.0 Å². The molecule has 1 aromatic carbocycles. The minimum Gasteiger partial charge on any atom is -0.490 e. The van der Waals surface area contributed by atoms with Gasteiger partial charge >= 0.3 is 17.8 Å². The number of hydrogen-bond acceptors (Lipinski definition) is 10. The largest absolute Gasteiger partial charge is 0.490 e. The summed E-state index contributed by atoms with van der Waals surface area (Å²) in [6.07, 6.45) is 0.340. The summed E-state index contributed by atoms with van der Waals surface area (Å²) in [6, 6.07) is 8.67. The molecule has 1 aliphatic rings. The Morgan fingerprint density at radius 2 is 1.87 bits per heavy atom. The van der Waals surface area contributed by atoms with Gasteiger partial charge in [0.25, 0.3) is 0 Å². The number of rotatable bonds is 7. The van der Waals surface area contributed by atoms with E-state index in [2.05, 4.69) is 10.5 Å². The van der Waals surface area contributed by atoms with Gasteiger partial charge in [-0.1, -0.05) is 17.3 Å². The van der Waals surface area contributed by atoms with Crippen LogP contribution in [0.1, 0.15) is 13.8 Å². The summed E-state index contributed by atoms with van der Waals surface area (Å²) in [7, 11) is 0. The van der Waals surface area contributed by atoms with E-state index in [0.29, 0.717) is 22.6 Å². The van der Waals surface area contributed by atoms with E-state index in [1.165, 1.54) is 11.3 Å².